The van der Waals surface area contributed by atoms with Crippen LogP contribution in [0.3, 0.4) is 0 Å². The van der Waals surface area contributed by atoms with Crippen molar-refractivity contribution in [2.24, 2.45) is 0 Å². The standard InChI is InChI=1S/C24H22N4O2/c29-23(20-10-6-12-25-16-20)26-13-14-27-24(30)22-15-19-9-4-5-11-21(19)28(22)17-18-7-2-1-3-8-18/h1-12,15-16H,13-14,17H2,(H,26,29)(H,27,30). The minimum atomic E-state index is -0.212. The summed E-state index contributed by atoms with van der Waals surface area (Å²) in [6.45, 7) is 1.27. The second-order valence-corrected chi connectivity index (χ2v) is 6.91. The van der Waals surface area contributed by atoms with E-state index < -0.39 is 0 Å². The Kier molecular flexibility index (Phi) is 5.85. The number of pyridine rings is 1. The molecule has 6 heteroatoms. The molecular formula is C24H22N4O2. The molecule has 2 amide bonds. The first kappa shape index (κ1) is 19.4. The maximum Gasteiger partial charge on any atom is 0.268 e. The Bertz CT molecular complexity index is 1150. The van der Waals surface area contributed by atoms with Crippen LogP contribution < -0.4 is 10.6 Å². The predicted octanol–water partition coefficient (Wildman–Crippen LogP) is 3.24. The highest BCUT2D eigenvalue weighted by Crippen LogP contribution is 2.21. The molecule has 2 aromatic heterocycles. The fraction of sp³-hybridized carbons (Fsp3) is 0.125. The van der Waals surface area contributed by atoms with Gasteiger partial charge in [-0.15, -0.1) is 0 Å². The average Bonchev–Trinajstić information content (AvgIpc) is 3.16. The third-order valence-corrected chi connectivity index (χ3v) is 4.85. The molecule has 0 radical (unpaired) electrons. The third kappa shape index (κ3) is 4.38. The second kappa shape index (κ2) is 9.05. The van der Waals surface area contributed by atoms with E-state index in [1.54, 1.807) is 18.3 Å². The van der Waals surface area contributed by atoms with Gasteiger partial charge in [-0.2, -0.15) is 0 Å². The molecule has 0 unspecified atom stereocenters. The molecule has 0 aliphatic carbocycles. The van der Waals surface area contributed by atoms with E-state index in [2.05, 4.69) is 15.6 Å². The lowest BCUT2D eigenvalue weighted by Crippen LogP contribution is -2.35. The molecule has 0 spiro atoms. The molecule has 0 bridgehead atoms. The van der Waals surface area contributed by atoms with Crippen molar-refractivity contribution in [3.8, 4) is 0 Å². The van der Waals surface area contributed by atoms with Gasteiger partial charge in [0.25, 0.3) is 11.8 Å². The smallest absolute Gasteiger partial charge is 0.268 e. The number of nitrogens with zero attached hydrogens (tertiary/aromatic N) is 2. The van der Waals surface area contributed by atoms with E-state index in [0.717, 1.165) is 16.5 Å². The number of para-hydroxylation sites is 1. The van der Waals surface area contributed by atoms with Crippen molar-refractivity contribution in [3.63, 3.8) is 0 Å². The Morgan fingerprint density at radius 2 is 1.57 bits per heavy atom. The van der Waals surface area contributed by atoms with Gasteiger partial charge in [-0.1, -0.05) is 48.5 Å². The molecule has 0 atom stereocenters. The number of benzene rings is 2. The van der Waals surface area contributed by atoms with Gasteiger partial charge in [-0.25, -0.2) is 0 Å². The quantitative estimate of drug-likeness (QED) is 0.469. The largest absolute Gasteiger partial charge is 0.350 e. The zero-order valence-corrected chi connectivity index (χ0v) is 16.4. The summed E-state index contributed by atoms with van der Waals surface area (Å²) < 4.78 is 2.02. The lowest BCUT2D eigenvalue weighted by Gasteiger charge is -2.12. The number of fused-ring (bicyclic) bond motifs is 1. The fourth-order valence-electron chi connectivity index (χ4n) is 3.38. The highest BCUT2D eigenvalue weighted by Gasteiger charge is 2.15. The molecule has 0 aliphatic rings. The highest BCUT2D eigenvalue weighted by molar-refractivity contribution is 5.99. The first-order valence-corrected chi connectivity index (χ1v) is 9.81. The first-order chi connectivity index (χ1) is 14.7. The van der Waals surface area contributed by atoms with Gasteiger partial charge in [0.2, 0.25) is 0 Å². The molecule has 0 saturated heterocycles. The number of hydrogen-bond acceptors (Lipinski definition) is 3. The maximum absolute atomic E-state index is 12.9. The van der Waals surface area contributed by atoms with Crippen LogP contribution in [-0.4, -0.2) is 34.5 Å². The van der Waals surface area contributed by atoms with Gasteiger partial charge in [0.15, 0.2) is 0 Å². The number of hydrogen-bond donors (Lipinski definition) is 2. The van der Waals surface area contributed by atoms with Crippen LogP contribution in [0, 0.1) is 0 Å². The number of rotatable bonds is 7. The summed E-state index contributed by atoms with van der Waals surface area (Å²) in [5.74, 6) is -0.381. The molecule has 4 rings (SSSR count). The number of carbonyl (C=O) groups is 2. The van der Waals surface area contributed by atoms with E-state index >= 15 is 0 Å². The number of carbonyl (C=O) groups excluding carboxylic acids is 2. The van der Waals surface area contributed by atoms with E-state index in [0.29, 0.717) is 30.9 Å². The fourth-order valence-corrected chi connectivity index (χ4v) is 3.38. The first-order valence-electron chi connectivity index (χ1n) is 9.81. The Balaban J connectivity index is 1.44. The Morgan fingerprint density at radius 1 is 0.833 bits per heavy atom. The molecule has 2 heterocycles. The monoisotopic (exact) mass is 398 g/mol. The molecular weight excluding hydrogens is 376 g/mol. The summed E-state index contributed by atoms with van der Waals surface area (Å²) >= 11 is 0. The van der Waals surface area contributed by atoms with Gasteiger partial charge in [-0.3, -0.25) is 14.6 Å². The van der Waals surface area contributed by atoms with E-state index in [1.807, 2.05) is 65.2 Å². The third-order valence-electron chi connectivity index (χ3n) is 4.85. The van der Waals surface area contributed by atoms with Gasteiger partial charge in [0.05, 0.1) is 5.56 Å². The van der Waals surface area contributed by atoms with Crippen molar-refractivity contribution in [3.05, 3.63) is 102 Å². The SMILES string of the molecule is O=C(NCCNC(=O)c1cc2ccccc2n1Cc1ccccc1)c1cccnc1. The normalized spacial score (nSPS) is 10.7. The van der Waals surface area contributed by atoms with Crippen LogP contribution in [0.25, 0.3) is 10.9 Å². The molecule has 6 nitrogen and oxygen atoms in total. The van der Waals surface area contributed by atoms with Gasteiger partial charge in [-0.05, 0) is 29.8 Å². The summed E-state index contributed by atoms with van der Waals surface area (Å²) in [6, 6.07) is 23.3. The molecule has 2 N–H and O–H groups in total. The van der Waals surface area contributed by atoms with E-state index in [1.165, 1.54) is 6.20 Å². The molecule has 150 valence electrons. The summed E-state index contributed by atoms with van der Waals surface area (Å²) in [5, 5.41) is 6.71. The van der Waals surface area contributed by atoms with Gasteiger partial charge < -0.3 is 15.2 Å². The Morgan fingerprint density at radius 3 is 2.33 bits per heavy atom. The summed E-state index contributed by atoms with van der Waals surface area (Å²) in [4.78, 5) is 28.9. The van der Waals surface area contributed by atoms with Crippen LogP contribution in [0.2, 0.25) is 0 Å². The van der Waals surface area contributed by atoms with Crippen LogP contribution in [0.5, 0.6) is 0 Å². The summed E-state index contributed by atoms with van der Waals surface area (Å²) in [5.41, 5.74) is 3.22. The summed E-state index contributed by atoms with van der Waals surface area (Å²) in [6.07, 6.45) is 3.13. The second-order valence-electron chi connectivity index (χ2n) is 6.91. The lowest BCUT2D eigenvalue weighted by molar-refractivity contribution is 0.0923. The molecule has 0 aliphatic heterocycles. The molecule has 30 heavy (non-hydrogen) atoms. The van der Waals surface area contributed by atoms with Crippen LogP contribution >= 0.6 is 0 Å². The number of nitrogens with one attached hydrogen (secondary N) is 2. The number of aromatic nitrogens is 2. The van der Waals surface area contributed by atoms with E-state index in [-0.39, 0.29) is 11.8 Å². The van der Waals surface area contributed by atoms with Crippen molar-refractivity contribution in [1.82, 2.24) is 20.2 Å². The van der Waals surface area contributed by atoms with Crippen molar-refractivity contribution < 1.29 is 9.59 Å². The molecule has 0 fully saturated rings. The van der Waals surface area contributed by atoms with Crippen LogP contribution in [0.1, 0.15) is 26.4 Å². The van der Waals surface area contributed by atoms with Crippen LogP contribution in [0.15, 0.2) is 85.2 Å². The Hall–Kier alpha value is -3.93. The van der Waals surface area contributed by atoms with E-state index in [4.69, 9.17) is 0 Å². The zero-order chi connectivity index (χ0) is 20.8. The molecule has 2 aromatic carbocycles. The number of amides is 2. The van der Waals surface area contributed by atoms with E-state index in [9.17, 15) is 9.59 Å². The zero-order valence-electron chi connectivity index (χ0n) is 16.4. The average molecular weight is 398 g/mol. The molecule has 0 saturated carbocycles. The van der Waals surface area contributed by atoms with Crippen molar-refractivity contribution in [1.29, 1.82) is 0 Å². The minimum absolute atomic E-state index is 0.169. The van der Waals surface area contributed by atoms with Crippen molar-refractivity contribution in [2.75, 3.05) is 13.1 Å². The van der Waals surface area contributed by atoms with Gasteiger partial charge in [0, 0.05) is 42.9 Å². The van der Waals surface area contributed by atoms with Crippen molar-refractivity contribution in [2.45, 2.75) is 6.54 Å². The van der Waals surface area contributed by atoms with Gasteiger partial charge >= 0.3 is 0 Å². The highest BCUT2D eigenvalue weighted by atomic mass is 16.2. The van der Waals surface area contributed by atoms with Crippen molar-refractivity contribution >= 4 is 22.7 Å². The Labute approximate surface area is 174 Å². The summed E-state index contributed by atoms with van der Waals surface area (Å²) in [7, 11) is 0. The van der Waals surface area contributed by atoms with Crippen LogP contribution in [-0.2, 0) is 6.54 Å². The molecule has 4 aromatic rings. The van der Waals surface area contributed by atoms with Crippen LogP contribution in [0.4, 0.5) is 0 Å². The topological polar surface area (TPSA) is 76.0 Å². The van der Waals surface area contributed by atoms with Gasteiger partial charge in [0.1, 0.15) is 5.69 Å². The lowest BCUT2D eigenvalue weighted by atomic mass is 10.2. The predicted molar refractivity (Wildman–Crippen MR) is 116 cm³/mol. The maximum atomic E-state index is 12.9. The minimum Gasteiger partial charge on any atom is -0.350 e.